The molecule has 0 atom stereocenters. The highest BCUT2D eigenvalue weighted by Crippen LogP contribution is 2.44. The second-order valence-electron chi connectivity index (χ2n) is 3.42. The molecule has 0 bridgehead atoms. The number of hydrogen-bond donors (Lipinski definition) is 0. The summed E-state index contributed by atoms with van der Waals surface area (Å²) >= 11 is 0. The number of carbonyl (C=O) groups is 1. The van der Waals surface area contributed by atoms with E-state index in [1.165, 1.54) is 0 Å². The maximum absolute atomic E-state index is 10.8. The van der Waals surface area contributed by atoms with Gasteiger partial charge in [-0.25, -0.2) is 0 Å². The van der Waals surface area contributed by atoms with Gasteiger partial charge in [-0.2, -0.15) is 0 Å². The Morgan fingerprint density at radius 1 is 1.64 bits per heavy atom. The zero-order valence-corrected chi connectivity index (χ0v) is 6.63. The molecule has 1 saturated carbocycles. The van der Waals surface area contributed by atoms with E-state index in [1.54, 1.807) is 7.11 Å². The van der Waals surface area contributed by atoms with Crippen LogP contribution in [0.15, 0.2) is 0 Å². The van der Waals surface area contributed by atoms with E-state index in [9.17, 15) is 4.79 Å². The van der Waals surface area contributed by atoms with E-state index in [-0.39, 0.29) is 11.6 Å². The van der Waals surface area contributed by atoms with Gasteiger partial charge in [0.1, 0.15) is 5.60 Å². The molecule has 0 aromatic heterocycles. The van der Waals surface area contributed by atoms with Gasteiger partial charge in [0.15, 0.2) is 0 Å². The maximum Gasteiger partial charge on any atom is 0.306 e. The van der Waals surface area contributed by atoms with Gasteiger partial charge < -0.3 is 9.47 Å². The Bertz CT molecular complexity index is 182. The van der Waals surface area contributed by atoms with E-state index < -0.39 is 0 Å². The van der Waals surface area contributed by atoms with Crippen molar-refractivity contribution < 1.29 is 14.3 Å². The van der Waals surface area contributed by atoms with E-state index in [4.69, 9.17) is 9.47 Å². The molecule has 11 heavy (non-hydrogen) atoms. The predicted molar refractivity (Wildman–Crippen MR) is 38.1 cm³/mol. The third-order valence-corrected chi connectivity index (χ3v) is 2.65. The summed E-state index contributed by atoms with van der Waals surface area (Å²) in [5.41, 5.74) is -0.113. The molecule has 2 aliphatic rings. The summed E-state index contributed by atoms with van der Waals surface area (Å²) < 4.78 is 10.3. The topological polar surface area (TPSA) is 35.5 Å². The zero-order valence-electron chi connectivity index (χ0n) is 6.63. The minimum absolute atomic E-state index is 0.0421. The molecule has 1 saturated heterocycles. The van der Waals surface area contributed by atoms with Gasteiger partial charge in [-0.1, -0.05) is 0 Å². The van der Waals surface area contributed by atoms with E-state index in [0.717, 1.165) is 19.3 Å². The van der Waals surface area contributed by atoms with Crippen LogP contribution in [-0.4, -0.2) is 24.8 Å². The highest BCUT2D eigenvalue weighted by molar-refractivity contribution is 5.72. The van der Waals surface area contributed by atoms with Crippen molar-refractivity contribution in [1.29, 1.82) is 0 Å². The molecule has 1 heterocycles. The van der Waals surface area contributed by atoms with Gasteiger partial charge in [-0.3, -0.25) is 4.79 Å². The first-order chi connectivity index (χ1) is 5.24. The van der Waals surface area contributed by atoms with Crippen molar-refractivity contribution >= 4 is 5.97 Å². The second kappa shape index (κ2) is 2.21. The molecule has 1 aliphatic heterocycles. The Balaban J connectivity index is 1.92. The third-order valence-electron chi connectivity index (χ3n) is 2.65. The summed E-state index contributed by atoms with van der Waals surface area (Å²) in [5, 5.41) is 0. The molecule has 2 rings (SSSR count). The van der Waals surface area contributed by atoms with Crippen LogP contribution in [0, 0.1) is 0 Å². The minimum atomic E-state index is -0.113. The molecule has 1 spiro atoms. The quantitative estimate of drug-likeness (QED) is 0.528. The first kappa shape index (κ1) is 7.10. The zero-order chi connectivity index (χ0) is 7.90. The number of carbonyl (C=O) groups excluding carboxylic acids is 1. The average molecular weight is 156 g/mol. The van der Waals surface area contributed by atoms with Crippen LogP contribution in [-0.2, 0) is 14.3 Å². The van der Waals surface area contributed by atoms with Crippen molar-refractivity contribution in [3.8, 4) is 0 Å². The molecule has 62 valence electrons. The van der Waals surface area contributed by atoms with Crippen LogP contribution in [0.1, 0.15) is 25.7 Å². The summed E-state index contributed by atoms with van der Waals surface area (Å²) in [6, 6.07) is 0. The number of hydrogen-bond acceptors (Lipinski definition) is 3. The lowest BCUT2D eigenvalue weighted by molar-refractivity contribution is -0.169. The smallest absolute Gasteiger partial charge is 0.306 e. The van der Waals surface area contributed by atoms with Gasteiger partial charge in [-0.15, -0.1) is 0 Å². The predicted octanol–water partition coefficient (Wildman–Crippen LogP) is 0.871. The van der Waals surface area contributed by atoms with Crippen LogP contribution in [0.4, 0.5) is 0 Å². The molecule has 3 heteroatoms. The van der Waals surface area contributed by atoms with Crippen molar-refractivity contribution in [2.75, 3.05) is 7.11 Å². The van der Waals surface area contributed by atoms with E-state index >= 15 is 0 Å². The summed E-state index contributed by atoms with van der Waals surface area (Å²) in [6.07, 6.45) is 3.60. The van der Waals surface area contributed by atoms with Crippen molar-refractivity contribution in [2.45, 2.75) is 37.4 Å². The summed E-state index contributed by atoms with van der Waals surface area (Å²) in [6.45, 7) is 0. The summed E-state index contributed by atoms with van der Waals surface area (Å²) in [4.78, 5) is 10.8. The first-order valence-electron chi connectivity index (χ1n) is 3.99. The van der Waals surface area contributed by atoms with Gasteiger partial charge in [0.05, 0.1) is 6.10 Å². The Labute approximate surface area is 65.7 Å². The van der Waals surface area contributed by atoms with E-state index in [0.29, 0.717) is 12.5 Å². The number of methoxy groups -OCH3 is 1. The normalized spacial score (nSPS) is 42.3. The van der Waals surface area contributed by atoms with Gasteiger partial charge in [-0.05, 0) is 6.42 Å². The fourth-order valence-electron chi connectivity index (χ4n) is 1.90. The molecular formula is C8H12O3. The molecule has 0 N–H and O–H groups in total. The van der Waals surface area contributed by atoms with Crippen LogP contribution in [0.3, 0.4) is 0 Å². The molecule has 0 aromatic rings. The largest absolute Gasteiger partial charge is 0.459 e. The van der Waals surface area contributed by atoms with E-state index in [1.807, 2.05) is 0 Å². The van der Waals surface area contributed by atoms with Crippen LogP contribution < -0.4 is 0 Å². The fourth-order valence-corrected chi connectivity index (χ4v) is 1.90. The Morgan fingerprint density at radius 2 is 2.36 bits per heavy atom. The molecule has 0 amide bonds. The number of ether oxygens (including phenoxy) is 2. The van der Waals surface area contributed by atoms with Gasteiger partial charge in [0.2, 0.25) is 0 Å². The summed E-state index contributed by atoms with van der Waals surface area (Å²) in [5.74, 6) is -0.0421. The second-order valence-corrected chi connectivity index (χ2v) is 3.42. The van der Waals surface area contributed by atoms with Crippen molar-refractivity contribution in [3.05, 3.63) is 0 Å². The highest BCUT2D eigenvalue weighted by atomic mass is 16.6. The van der Waals surface area contributed by atoms with Crippen LogP contribution in [0.25, 0.3) is 0 Å². The molecule has 0 aromatic carbocycles. The number of esters is 1. The fraction of sp³-hybridized carbons (Fsp3) is 0.875. The van der Waals surface area contributed by atoms with Crippen LogP contribution in [0.2, 0.25) is 0 Å². The first-order valence-corrected chi connectivity index (χ1v) is 3.99. The molecule has 1 aliphatic carbocycles. The monoisotopic (exact) mass is 156 g/mol. The molecule has 2 fully saturated rings. The minimum Gasteiger partial charge on any atom is -0.459 e. The number of rotatable bonds is 1. The lowest BCUT2D eigenvalue weighted by atomic mass is 9.76. The lowest BCUT2D eigenvalue weighted by Crippen LogP contribution is -2.47. The van der Waals surface area contributed by atoms with Crippen molar-refractivity contribution in [3.63, 3.8) is 0 Å². The Kier molecular flexibility index (Phi) is 1.42. The SMILES string of the molecule is COC1CC2(CCC(=O)O2)C1. The van der Waals surface area contributed by atoms with Gasteiger partial charge in [0.25, 0.3) is 0 Å². The van der Waals surface area contributed by atoms with Gasteiger partial charge >= 0.3 is 5.97 Å². The maximum atomic E-state index is 10.8. The third kappa shape index (κ3) is 1.03. The molecule has 3 nitrogen and oxygen atoms in total. The van der Waals surface area contributed by atoms with Crippen LogP contribution >= 0.6 is 0 Å². The molecular weight excluding hydrogens is 144 g/mol. The summed E-state index contributed by atoms with van der Waals surface area (Å²) in [7, 11) is 1.70. The van der Waals surface area contributed by atoms with Crippen LogP contribution in [0.5, 0.6) is 0 Å². The lowest BCUT2D eigenvalue weighted by Gasteiger charge is -2.42. The average Bonchev–Trinajstić information content (AvgIpc) is 2.28. The standard InChI is InChI=1S/C8H12O3/c1-10-6-4-8(5-6)3-2-7(9)11-8/h6H,2-5H2,1H3. The molecule has 0 unspecified atom stereocenters. The van der Waals surface area contributed by atoms with Crippen molar-refractivity contribution in [1.82, 2.24) is 0 Å². The Hall–Kier alpha value is -0.570. The highest BCUT2D eigenvalue weighted by Gasteiger charge is 2.51. The Morgan fingerprint density at radius 3 is 2.82 bits per heavy atom. The van der Waals surface area contributed by atoms with E-state index in [2.05, 4.69) is 0 Å². The van der Waals surface area contributed by atoms with Gasteiger partial charge in [0, 0.05) is 26.4 Å². The van der Waals surface area contributed by atoms with Crippen molar-refractivity contribution in [2.24, 2.45) is 0 Å². The molecule has 0 radical (unpaired) electrons.